The lowest BCUT2D eigenvalue weighted by Gasteiger charge is -2.09. The Morgan fingerprint density at radius 3 is 3.12 bits per heavy atom. The summed E-state index contributed by atoms with van der Waals surface area (Å²) in [5, 5.41) is 10.5. The van der Waals surface area contributed by atoms with Crippen LogP contribution in [0.5, 0.6) is 5.75 Å². The minimum atomic E-state index is 0.220. The third-order valence-electron chi connectivity index (χ3n) is 3.50. The first-order valence-electron chi connectivity index (χ1n) is 5.63. The van der Waals surface area contributed by atoms with Crippen molar-refractivity contribution in [1.29, 1.82) is 0 Å². The number of hydrogen-bond acceptors (Lipinski definition) is 2. The normalized spacial score (nSPS) is 19.0. The molecule has 0 aliphatic heterocycles. The molecular weight excluding hydrogens is 202 g/mol. The quantitative estimate of drug-likeness (QED) is 0.810. The lowest BCUT2D eigenvalue weighted by Crippen LogP contribution is -1.99. The van der Waals surface area contributed by atoms with Gasteiger partial charge in [-0.3, -0.25) is 0 Å². The van der Waals surface area contributed by atoms with Gasteiger partial charge in [0.25, 0.3) is 0 Å². The van der Waals surface area contributed by atoms with Gasteiger partial charge in [-0.05, 0) is 30.5 Å². The smallest absolute Gasteiger partial charge is 0.128 e. The first kappa shape index (κ1) is 9.73. The van der Waals surface area contributed by atoms with E-state index in [2.05, 4.69) is 11.1 Å². The number of H-pyrrole nitrogens is 1. The average molecular weight is 217 g/mol. The number of hydrogen-bond donors (Lipinski definition) is 2. The number of methoxy groups -OCH3 is 1. The van der Waals surface area contributed by atoms with Crippen LogP contribution < -0.4 is 4.74 Å². The van der Waals surface area contributed by atoms with Crippen LogP contribution in [0.2, 0.25) is 0 Å². The van der Waals surface area contributed by atoms with Gasteiger partial charge in [0.05, 0.1) is 13.7 Å². The van der Waals surface area contributed by atoms with Crippen molar-refractivity contribution in [2.45, 2.75) is 18.8 Å². The molecule has 84 valence electrons. The lowest BCUT2D eigenvalue weighted by molar-refractivity contribution is 0.265. The van der Waals surface area contributed by atoms with Crippen LogP contribution >= 0.6 is 0 Å². The van der Waals surface area contributed by atoms with Crippen LogP contribution in [0.15, 0.2) is 18.2 Å². The fraction of sp³-hybridized carbons (Fsp3) is 0.385. The number of aromatic nitrogens is 1. The maximum absolute atomic E-state index is 9.40. The van der Waals surface area contributed by atoms with Crippen molar-refractivity contribution in [2.75, 3.05) is 13.7 Å². The molecular formula is C13H15NO2. The number of aliphatic hydroxyl groups excluding tert-OH is 1. The van der Waals surface area contributed by atoms with Crippen LogP contribution in [0.25, 0.3) is 10.9 Å². The Morgan fingerprint density at radius 1 is 1.50 bits per heavy atom. The Bertz CT molecular complexity index is 530. The van der Waals surface area contributed by atoms with Gasteiger partial charge >= 0.3 is 0 Å². The van der Waals surface area contributed by atoms with E-state index in [-0.39, 0.29) is 12.5 Å². The van der Waals surface area contributed by atoms with Gasteiger partial charge in [-0.2, -0.15) is 0 Å². The molecule has 1 unspecified atom stereocenters. The van der Waals surface area contributed by atoms with Crippen molar-refractivity contribution < 1.29 is 9.84 Å². The monoisotopic (exact) mass is 217 g/mol. The van der Waals surface area contributed by atoms with Crippen LogP contribution in [-0.4, -0.2) is 23.8 Å². The van der Waals surface area contributed by atoms with E-state index >= 15 is 0 Å². The van der Waals surface area contributed by atoms with E-state index in [9.17, 15) is 5.11 Å². The molecule has 3 heteroatoms. The lowest BCUT2D eigenvalue weighted by atomic mass is 10.0. The van der Waals surface area contributed by atoms with E-state index in [4.69, 9.17) is 4.74 Å². The molecule has 0 radical (unpaired) electrons. The average Bonchev–Trinajstić information content (AvgIpc) is 2.86. The number of fused-ring (bicyclic) bond motifs is 3. The van der Waals surface area contributed by atoms with Crippen LogP contribution in [0, 0.1) is 0 Å². The Morgan fingerprint density at radius 2 is 2.38 bits per heavy atom. The summed E-state index contributed by atoms with van der Waals surface area (Å²) in [6.07, 6.45) is 2.06. The maximum Gasteiger partial charge on any atom is 0.128 e. The molecule has 0 spiro atoms. The Kier molecular flexibility index (Phi) is 2.14. The van der Waals surface area contributed by atoms with Crippen LogP contribution in [0.4, 0.5) is 0 Å². The second kappa shape index (κ2) is 3.52. The molecule has 1 aliphatic carbocycles. The third-order valence-corrected chi connectivity index (χ3v) is 3.50. The zero-order chi connectivity index (χ0) is 11.1. The number of aliphatic hydroxyl groups is 1. The molecule has 1 heterocycles. The summed E-state index contributed by atoms with van der Waals surface area (Å²) in [5.74, 6) is 1.16. The van der Waals surface area contributed by atoms with Gasteiger partial charge in [-0.1, -0.05) is 6.07 Å². The first-order valence-corrected chi connectivity index (χ1v) is 5.63. The molecule has 0 amide bonds. The number of aryl methyl sites for hydroxylation is 1. The summed E-state index contributed by atoms with van der Waals surface area (Å²) >= 11 is 0. The van der Waals surface area contributed by atoms with Gasteiger partial charge in [0.2, 0.25) is 0 Å². The van der Waals surface area contributed by atoms with Crippen molar-refractivity contribution in [2.24, 2.45) is 0 Å². The van der Waals surface area contributed by atoms with E-state index in [1.807, 2.05) is 12.1 Å². The molecule has 1 aliphatic rings. The first-order chi connectivity index (χ1) is 7.85. The molecule has 0 saturated carbocycles. The number of nitrogens with one attached hydrogen (secondary N) is 1. The molecule has 0 bridgehead atoms. The highest BCUT2D eigenvalue weighted by atomic mass is 16.5. The second-order valence-corrected chi connectivity index (χ2v) is 4.32. The van der Waals surface area contributed by atoms with Crippen LogP contribution in [0.3, 0.4) is 0 Å². The minimum Gasteiger partial charge on any atom is -0.496 e. The number of rotatable bonds is 2. The topological polar surface area (TPSA) is 45.2 Å². The van der Waals surface area contributed by atoms with E-state index < -0.39 is 0 Å². The van der Waals surface area contributed by atoms with Gasteiger partial charge < -0.3 is 14.8 Å². The number of benzene rings is 1. The molecule has 1 atom stereocenters. The number of ether oxygens (including phenoxy) is 1. The molecule has 3 nitrogen and oxygen atoms in total. The summed E-state index contributed by atoms with van der Waals surface area (Å²) < 4.78 is 5.40. The van der Waals surface area contributed by atoms with Crippen LogP contribution in [-0.2, 0) is 6.42 Å². The van der Waals surface area contributed by atoms with Crippen molar-refractivity contribution in [3.63, 3.8) is 0 Å². The summed E-state index contributed by atoms with van der Waals surface area (Å²) in [7, 11) is 1.69. The molecule has 0 saturated heterocycles. The fourth-order valence-electron chi connectivity index (χ4n) is 2.76. The molecule has 16 heavy (non-hydrogen) atoms. The SMILES string of the molecule is COc1cccc2[nH]c3c(c12)C(CO)CC3. The van der Waals surface area contributed by atoms with Gasteiger partial charge in [0.1, 0.15) is 5.75 Å². The molecule has 1 aromatic carbocycles. The van der Waals surface area contributed by atoms with Gasteiger partial charge in [0, 0.05) is 22.5 Å². The summed E-state index contributed by atoms with van der Waals surface area (Å²) in [6.45, 7) is 0.220. The molecule has 3 rings (SSSR count). The van der Waals surface area contributed by atoms with Crippen LogP contribution in [0.1, 0.15) is 23.6 Å². The van der Waals surface area contributed by atoms with E-state index in [0.29, 0.717) is 0 Å². The predicted molar refractivity (Wildman–Crippen MR) is 63.0 cm³/mol. The highest BCUT2D eigenvalue weighted by molar-refractivity contribution is 5.91. The summed E-state index contributed by atoms with van der Waals surface area (Å²) in [4.78, 5) is 3.42. The van der Waals surface area contributed by atoms with Crippen molar-refractivity contribution in [3.05, 3.63) is 29.5 Å². The van der Waals surface area contributed by atoms with Gasteiger partial charge in [-0.25, -0.2) is 0 Å². The largest absolute Gasteiger partial charge is 0.496 e. The molecule has 0 fully saturated rings. The Balaban J connectivity index is 2.31. The predicted octanol–water partition coefficient (Wildman–Crippen LogP) is 2.20. The molecule has 2 N–H and O–H groups in total. The fourth-order valence-corrected chi connectivity index (χ4v) is 2.76. The van der Waals surface area contributed by atoms with Crippen molar-refractivity contribution >= 4 is 10.9 Å². The van der Waals surface area contributed by atoms with E-state index in [0.717, 1.165) is 29.5 Å². The van der Waals surface area contributed by atoms with Crippen molar-refractivity contribution in [1.82, 2.24) is 4.98 Å². The number of aromatic amines is 1. The van der Waals surface area contributed by atoms with E-state index in [1.165, 1.54) is 11.3 Å². The Labute approximate surface area is 94.0 Å². The zero-order valence-electron chi connectivity index (χ0n) is 9.29. The third kappa shape index (κ3) is 1.18. The van der Waals surface area contributed by atoms with Crippen molar-refractivity contribution in [3.8, 4) is 5.75 Å². The summed E-state index contributed by atoms with van der Waals surface area (Å²) in [6, 6.07) is 6.02. The van der Waals surface area contributed by atoms with Gasteiger partial charge in [0.15, 0.2) is 0 Å². The highest BCUT2D eigenvalue weighted by Gasteiger charge is 2.27. The molecule has 1 aromatic heterocycles. The Hall–Kier alpha value is -1.48. The molecule has 2 aromatic rings. The highest BCUT2D eigenvalue weighted by Crippen LogP contribution is 2.41. The van der Waals surface area contributed by atoms with E-state index in [1.54, 1.807) is 7.11 Å². The zero-order valence-corrected chi connectivity index (χ0v) is 9.29. The summed E-state index contributed by atoms with van der Waals surface area (Å²) in [5.41, 5.74) is 3.64. The van der Waals surface area contributed by atoms with Gasteiger partial charge in [-0.15, -0.1) is 0 Å². The standard InChI is InChI=1S/C13H15NO2/c1-16-11-4-2-3-9-13(11)12-8(7-15)5-6-10(12)14-9/h2-4,8,14-15H,5-7H2,1H3. The maximum atomic E-state index is 9.40. The minimum absolute atomic E-state index is 0.220. The second-order valence-electron chi connectivity index (χ2n) is 4.32.